The normalized spacial score (nSPS) is 22.7. The summed E-state index contributed by atoms with van der Waals surface area (Å²) in [5.74, 6) is 0. The summed E-state index contributed by atoms with van der Waals surface area (Å²) in [7, 11) is 0. The van der Waals surface area contributed by atoms with Crippen LogP contribution in [0.3, 0.4) is 0 Å². The van der Waals surface area contributed by atoms with Crippen LogP contribution in [0, 0.1) is 0 Å². The van der Waals surface area contributed by atoms with Crippen LogP contribution in [0.25, 0.3) is 0 Å². The van der Waals surface area contributed by atoms with E-state index in [4.69, 9.17) is 10.5 Å². The fraction of sp³-hybridized carbons (Fsp3) is 0.417. The van der Waals surface area contributed by atoms with Crippen LogP contribution < -0.4 is 5.73 Å². The number of hydrogen-bond acceptors (Lipinski definition) is 3. The van der Waals surface area contributed by atoms with Crippen LogP contribution in [0.1, 0.15) is 25.5 Å². The largest absolute Gasteiger partial charge is 0.465 e. The molecule has 0 aliphatic carbocycles. The molecule has 1 heterocycles. The molecule has 1 aliphatic heterocycles. The van der Waals surface area contributed by atoms with Gasteiger partial charge in [0.1, 0.15) is 5.72 Å². The van der Waals surface area contributed by atoms with Gasteiger partial charge in [-0.05, 0) is 31.5 Å². The summed E-state index contributed by atoms with van der Waals surface area (Å²) < 4.78 is 5.53. The highest BCUT2D eigenvalue weighted by atomic mass is 16.5. The van der Waals surface area contributed by atoms with Gasteiger partial charge in [-0.25, -0.2) is 4.79 Å². The van der Waals surface area contributed by atoms with Gasteiger partial charge in [0.15, 0.2) is 0 Å². The minimum absolute atomic E-state index is 0.275. The summed E-state index contributed by atoms with van der Waals surface area (Å²) in [6, 6.07) is 6.92. The number of hydrogen-bond donors (Lipinski definition) is 2. The van der Waals surface area contributed by atoms with Crippen LogP contribution in [0.4, 0.5) is 10.5 Å². The third-order valence-electron chi connectivity index (χ3n) is 3.01. The molecular formula is C12H16N2O3. The molecule has 1 saturated heterocycles. The predicted molar refractivity (Wildman–Crippen MR) is 63.5 cm³/mol. The highest BCUT2D eigenvalue weighted by Gasteiger charge is 2.44. The second-order valence-electron chi connectivity index (χ2n) is 4.59. The molecule has 0 saturated carbocycles. The Kier molecular flexibility index (Phi) is 2.71. The summed E-state index contributed by atoms with van der Waals surface area (Å²) in [5, 5.41) is 9.26. The molecule has 17 heavy (non-hydrogen) atoms. The van der Waals surface area contributed by atoms with Gasteiger partial charge in [0, 0.05) is 5.69 Å². The van der Waals surface area contributed by atoms with Crippen molar-refractivity contribution in [3.8, 4) is 0 Å². The fourth-order valence-corrected chi connectivity index (χ4v) is 2.13. The number of carbonyl (C=O) groups is 1. The number of benzene rings is 1. The monoisotopic (exact) mass is 236 g/mol. The standard InChI is InChI=1S/C12H16N2O3/c1-12(2)14(11(15)16)10(7-17-12)8-3-5-9(13)6-4-8/h3-6,10H,7,13H2,1-2H3,(H,15,16)/t10-/m1/s1. The lowest BCUT2D eigenvalue weighted by Gasteiger charge is -2.31. The van der Waals surface area contributed by atoms with Crippen molar-refractivity contribution in [3.63, 3.8) is 0 Å². The number of ether oxygens (including phenoxy) is 1. The number of nitrogens with two attached hydrogens (primary N) is 1. The lowest BCUT2D eigenvalue weighted by molar-refractivity contribution is -0.0420. The van der Waals surface area contributed by atoms with Crippen LogP contribution in [-0.2, 0) is 4.74 Å². The summed E-state index contributed by atoms with van der Waals surface area (Å²) in [4.78, 5) is 12.6. The van der Waals surface area contributed by atoms with Gasteiger partial charge in [-0.15, -0.1) is 0 Å². The molecule has 3 N–H and O–H groups in total. The smallest absolute Gasteiger partial charge is 0.410 e. The van der Waals surface area contributed by atoms with E-state index in [1.807, 2.05) is 12.1 Å². The lowest BCUT2D eigenvalue weighted by Crippen LogP contribution is -2.43. The molecule has 0 radical (unpaired) electrons. The Hall–Kier alpha value is -1.75. The van der Waals surface area contributed by atoms with Gasteiger partial charge in [0.25, 0.3) is 0 Å². The highest BCUT2D eigenvalue weighted by Crippen LogP contribution is 2.36. The summed E-state index contributed by atoms with van der Waals surface area (Å²) in [6.45, 7) is 3.86. The molecule has 1 aliphatic rings. The molecule has 1 aromatic carbocycles. The third-order valence-corrected chi connectivity index (χ3v) is 3.01. The van der Waals surface area contributed by atoms with Crippen molar-refractivity contribution in [2.45, 2.75) is 25.6 Å². The maximum absolute atomic E-state index is 11.3. The Labute approximate surface area is 99.8 Å². The topological polar surface area (TPSA) is 75.8 Å². The predicted octanol–water partition coefficient (Wildman–Crippen LogP) is 2.06. The third kappa shape index (κ3) is 2.06. The van der Waals surface area contributed by atoms with Crippen molar-refractivity contribution in [1.82, 2.24) is 4.90 Å². The van der Waals surface area contributed by atoms with Crippen molar-refractivity contribution >= 4 is 11.8 Å². The van der Waals surface area contributed by atoms with Gasteiger partial charge in [-0.1, -0.05) is 12.1 Å². The van der Waals surface area contributed by atoms with E-state index in [9.17, 15) is 9.90 Å². The molecule has 1 amide bonds. The molecule has 0 aromatic heterocycles. The van der Waals surface area contributed by atoms with E-state index in [2.05, 4.69) is 0 Å². The number of rotatable bonds is 1. The number of nitrogen functional groups attached to an aromatic ring is 1. The molecule has 0 bridgehead atoms. The van der Waals surface area contributed by atoms with E-state index in [-0.39, 0.29) is 6.04 Å². The summed E-state index contributed by atoms with van der Waals surface area (Å²) in [5.41, 5.74) is 6.37. The first-order valence-electron chi connectivity index (χ1n) is 5.43. The van der Waals surface area contributed by atoms with Crippen LogP contribution in [-0.4, -0.2) is 28.4 Å². The van der Waals surface area contributed by atoms with E-state index in [1.165, 1.54) is 4.90 Å². The Bertz CT molecular complexity index is 428. The molecule has 5 nitrogen and oxygen atoms in total. The Morgan fingerprint density at radius 1 is 1.47 bits per heavy atom. The summed E-state index contributed by atoms with van der Waals surface area (Å²) >= 11 is 0. The average Bonchev–Trinajstić information content (AvgIpc) is 2.55. The van der Waals surface area contributed by atoms with Crippen LogP contribution in [0.5, 0.6) is 0 Å². The molecule has 1 atom stereocenters. The van der Waals surface area contributed by atoms with Gasteiger partial charge in [-0.3, -0.25) is 4.90 Å². The molecule has 2 rings (SSSR count). The van der Waals surface area contributed by atoms with Gasteiger partial charge in [0.2, 0.25) is 0 Å². The molecule has 1 aromatic rings. The molecular weight excluding hydrogens is 220 g/mol. The average molecular weight is 236 g/mol. The van der Waals surface area contributed by atoms with Gasteiger partial charge >= 0.3 is 6.09 Å². The van der Waals surface area contributed by atoms with E-state index >= 15 is 0 Å². The van der Waals surface area contributed by atoms with Crippen LogP contribution in [0.2, 0.25) is 0 Å². The van der Waals surface area contributed by atoms with E-state index in [0.717, 1.165) is 5.56 Å². The van der Waals surface area contributed by atoms with E-state index in [1.54, 1.807) is 26.0 Å². The number of carboxylic acid groups (broad SMARTS) is 1. The second kappa shape index (κ2) is 3.92. The number of nitrogens with zero attached hydrogens (tertiary/aromatic N) is 1. The minimum atomic E-state index is -0.977. The van der Waals surface area contributed by atoms with Crippen LogP contribution >= 0.6 is 0 Å². The van der Waals surface area contributed by atoms with E-state index < -0.39 is 11.8 Å². The van der Waals surface area contributed by atoms with Crippen molar-refractivity contribution < 1.29 is 14.6 Å². The van der Waals surface area contributed by atoms with Gasteiger partial charge in [-0.2, -0.15) is 0 Å². The Morgan fingerprint density at radius 3 is 2.59 bits per heavy atom. The molecule has 5 heteroatoms. The summed E-state index contributed by atoms with van der Waals surface area (Å²) in [6.07, 6.45) is -0.977. The van der Waals surface area contributed by atoms with E-state index in [0.29, 0.717) is 12.3 Å². The first kappa shape index (κ1) is 11.7. The van der Waals surface area contributed by atoms with Gasteiger partial charge < -0.3 is 15.6 Å². The van der Waals surface area contributed by atoms with Crippen molar-refractivity contribution in [1.29, 1.82) is 0 Å². The van der Waals surface area contributed by atoms with Crippen molar-refractivity contribution in [3.05, 3.63) is 29.8 Å². The highest BCUT2D eigenvalue weighted by molar-refractivity contribution is 5.67. The first-order valence-corrected chi connectivity index (χ1v) is 5.43. The molecule has 0 unspecified atom stereocenters. The zero-order chi connectivity index (χ0) is 12.6. The Morgan fingerprint density at radius 2 is 2.06 bits per heavy atom. The molecule has 1 fully saturated rings. The second-order valence-corrected chi connectivity index (χ2v) is 4.59. The fourth-order valence-electron chi connectivity index (χ4n) is 2.13. The SMILES string of the molecule is CC1(C)OC[C@H](c2ccc(N)cc2)N1C(=O)O. The Balaban J connectivity index is 2.33. The lowest BCUT2D eigenvalue weighted by atomic mass is 10.1. The maximum atomic E-state index is 11.3. The molecule has 0 spiro atoms. The number of amides is 1. The number of anilines is 1. The quantitative estimate of drug-likeness (QED) is 0.732. The van der Waals surface area contributed by atoms with Gasteiger partial charge in [0.05, 0.1) is 12.6 Å². The van der Waals surface area contributed by atoms with Crippen molar-refractivity contribution in [2.24, 2.45) is 0 Å². The molecule has 92 valence electrons. The zero-order valence-corrected chi connectivity index (χ0v) is 9.88. The van der Waals surface area contributed by atoms with Crippen LogP contribution in [0.15, 0.2) is 24.3 Å². The first-order chi connectivity index (χ1) is 7.92. The van der Waals surface area contributed by atoms with Crippen molar-refractivity contribution in [2.75, 3.05) is 12.3 Å². The zero-order valence-electron chi connectivity index (χ0n) is 9.88. The minimum Gasteiger partial charge on any atom is -0.465 e. The maximum Gasteiger partial charge on any atom is 0.410 e.